The Labute approximate surface area is 141 Å². The molecule has 2 heterocycles. The van der Waals surface area contributed by atoms with E-state index in [1.54, 1.807) is 7.11 Å². The predicted octanol–water partition coefficient (Wildman–Crippen LogP) is 3.15. The first-order valence-corrected chi connectivity index (χ1v) is 7.93. The number of halogens is 2. The van der Waals surface area contributed by atoms with Gasteiger partial charge in [-0.1, -0.05) is 12.1 Å². The Morgan fingerprint density at radius 2 is 2.09 bits per heavy atom. The number of pyridine rings is 1. The van der Waals surface area contributed by atoms with Crippen LogP contribution in [-0.2, 0) is 17.7 Å². The van der Waals surface area contributed by atoms with Crippen molar-refractivity contribution in [2.24, 2.45) is 0 Å². The highest BCUT2D eigenvalue weighted by molar-refractivity contribution is 9.10. The molecule has 0 saturated heterocycles. The number of aromatic nitrogens is 3. The summed E-state index contributed by atoms with van der Waals surface area (Å²) < 4.78 is 21.8. The average molecular weight is 379 g/mol. The molecule has 1 aromatic carbocycles. The summed E-state index contributed by atoms with van der Waals surface area (Å²) in [5.74, 6) is 0.591. The molecule has 23 heavy (non-hydrogen) atoms. The number of hydrogen-bond acceptors (Lipinski definition) is 4. The molecule has 0 radical (unpaired) electrons. The summed E-state index contributed by atoms with van der Waals surface area (Å²) in [6, 6.07) is 9.13. The Balaban J connectivity index is 2.04. The summed E-state index contributed by atoms with van der Waals surface area (Å²) in [5.41, 5.74) is 7.90. The number of hydrogen-bond donors (Lipinski definition) is 1. The van der Waals surface area contributed by atoms with Crippen LogP contribution in [0, 0.1) is 5.82 Å². The summed E-state index contributed by atoms with van der Waals surface area (Å²) in [6.07, 6.45) is 0.266. The summed E-state index contributed by atoms with van der Waals surface area (Å²) in [4.78, 5) is 8.73. The van der Waals surface area contributed by atoms with E-state index < -0.39 is 5.82 Å². The second-order valence-electron chi connectivity index (χ2n) is 5.12. The number of benzene rings is 1. The van der Waals surface area contributed by atoms with Gasteiger partial charge in [0.25, 0.3) is 0 Å². The molecule has 7 heteroatoms. The number of nitrogen functional groups attached to an aromatic ring is 1. The molecular formula is C16H16BrFN4O. The number of nitrogens with zero attached hydrogens (tertiary/aromatic N) is 3. The van der Waals surface area contributed by atoms with Crippen molar-refractivity contribution >= 4 is 32.8 Å². The number of fused-ring (bicyclic) bond motifs is 1. The molecule has 0 saturated carbocycles. The van der Waals surface area contributed by atoms with Gasteiger partial charge in [-0.2, -0.15) is 0 Å². The van der Waals surface area contributed by atoms with Crippen LogP contribution in [0.1, 0.15) is 11.5 Å². The number of anilines is 1. The topological polar surface area (TPSA) is 66.0 Å². The van der Waals surface area contributed by atoms with Gasteiger partial charge in [0.15, 0.2) is 0 Å². The van der Waals surface area contributed by atoms with Crippen LogP contribution in [0.3, 0.4) is 0 Å². The van der Waals surface area contributed by atoms with Crippen molar-refractivity contribution in [2.45, 2.75) is 13.0 Å². The van der Waals surface area contributed by atoms with Gasteiger partial charge in [-0.05, 0) is 34.1 Å². The summed E-state index contributed by atoms with van der Waals surface area (Å²) in [5, 5.41) is 0. The quantitative estimate of drug-likeness (QED) is 0.740. The zero-order valence-corrected chi connectivity index (χ0v) is 14.2. The third-order valence-corrected chi connectivity index (χ3v) is 4.24. The van der Waals surface area contributed by atoms with E-state index in [9.17, 15) is 4.39 Å². The Morgan fingerprint density at radius 1 is 1.30 bits per heavy atom. The van der Waals surface area contributed by atoms with Gasteiger partial charge in [-0.3, -0.25) is 0 Å². The van der Waals surface area contributed by atoms with Crippen LogP contribution in [0.2, 0.25) is 0 Å². The lowest BCUT2D eigenvalue weighted by atomic mass is 10.2. The zero-order chi connectivity index (χ0) is 16.4. The highest BCUT2D eigenvalue weighted by Crippen LogP contribution is 2.23. The molecule has 0 atom stereocenters. The van der Waals surface area contributed by atoms with Gasteiger partial charge < -0.3 is 15.0 Å². The van der Waals surface area contributed by atoms with Gasteiger partial charge in [0, 0.05) is 13.7 Å². The molecule has 120 valence electrons. The van der Waals surface area contributed by atoms with Gasteiger partial charge in [0.1, 0.15) is 17.5 Å². The van der Waals surface area contributed by atoms with Crippen LogP contribution >= 0.6 is 15.9 Å². The maximum atomic E-state index is 14.1. The maximum absolute atomic E-state index is 14.1. The van der Waals surface area contributed by atoms with Crippen molar-refractivity contribution in [1.82, 2.24) is 14.5 Å². The lowest BCUT2D eigenvalue weighted by Crippen LogP contribution is -2.11. The molecule has 0 unspecified atom stereocenters. The lowest BCUT2D eigenvalue weighted by molar-refractivity contribution is 0.187. The van der Waals surface area contributed by atoms with E-state index in [2.05, 4.69) is 25.9 Å². The van der Waals surface area contributed by atoms with E-state index >= 15 is 0 Å². The highest BCUT2D eigenvalue weighted by Gasteiger charge is 2.15. The summed E-state index contributed by atoms with van der Waals surface area (Å²) >= 11 is 3.18. The number of ether oxygens (including phenoxy) is 1. The molecular weight excluding hydrogens is 363 g/mol. The molecule has 0 aliphatic rings. The Morgan fingerprint density at radius 3 is 2.87 bits per heavy atom. The van der Waals surface area contributed by atoms with E-state index in [4.69, 9.17) is 10.5 Å². The fourth-order valence-electron chi connectivity index (χ4n) is 2.49. The molecule has 3 aromatic rings. The first kappa shape index (κ1) is 15.9. The van der Waals surface area contributed by atoms with Crippen molar-refractivity contribution in [3.05, 3.63) is 52.1 Å². The highest BCUT2D eigenvalue weighted by atomic mass is 79.9. The minimum absolute atomic E-state index is 0.265. The molecule has 0 amide bonds. The molecule has 2 aromatic heterocycles. The Bertz CT molecular complexity index is 849. The number of rotatable bonds is 5. The number of methoxy groups -OCH3 is 1. The van der Waals surface area contributed by atoms with Gasteiger partial charge in [0.2, 0.25) is 0 Å². The predicted molar refractivity (Wildman–Crippen MR) is 90.7 cm³/mol. The van der Waals surface area contributed by atoms with Crippen molar-refractivity contribution < 1.29 is 9.13 Å². The van der Waals surface area contributed by atoms with Gasteiger partial charge in [-0.25, -0.2) is 14.4 Å². The molecule has 3 rings (SSSR count). The van der Waals surface area contributed by atoms with Crippen molar-refractivity contribution in [3.8, 4) is 0 Å². The normalized spacial score (nSPS) is 11.3. The van der Waals surface area contributed by atoms with E-state index in [0.717, 1.165) is 16.9 Å². The zero-order valence-electron chi connectivity index (χ0n) is 12.6. The largest absolute Gasteiger partial charge is 0.383 e. The first-order chi connectivity index (χ1) is 11.1. The minimum atomic E-state index is -0.406. The Hall–Kier alpha value is -1.99. The third kappa shape index (κ3) is 3.20. The fraction of sp³-hybridized carbons (Fsp3) is 0.250. The van der Waals surface area contributed by atoms with Gasteiger partial charge >= 0.3 is 0 Å². The van der Waals surface area contributed by atoms with Crippen molar-refractivity contribution in [1.29, 1.82) is 0 Å². The van der Waals surface area contributed by atoms with Gasteiger partial charge in [0.05, 0.1) is 34.2 Å². The van der Waals surface area contributed by atoms with Crippen LogP contribution in [-0.4, -0.2) is 28.3 Å². The fourth-order valence-corrected chi connectivity index (χ4v) is 2.78. The summed E-state index contributed by atoms with van der Waals surface area (Å²) in [6.45, 7) is 1.19. The minimum Gasteiger partial charge on any atom is -0.383 e. The molecule has 2 N–H and O–H groups in total. The van der Waals surface area contributed by atoms with Crippen molar-refractivity contribution in [2.75, 3.05) is 19.5 Å². The second kappa shape index (κ2) is 6.64. The Kier molecular flexibility index (Phi) is 4.58. The molecule has 0 spiro atoms. The van der Waals surface area contributed by atoms with E-state index in [-0.39, 0.29) is 17.9 Å². The standard InChI is InChI=1S/C16H16BrFN4O/c1-23-7-6-22-14-5-3-2-4-12(14)20-15(22)9-13-11(18)8-10(17)16(19)21-13/h2-5,8H,6-7,9H2,1H3,(H2,19,21). The van der Waals surface area contributed by atoms with Crippen LogP contribution in [0.15, 0.2) is 34.8 Å². The molecule has 5 nitrogen and oxygen atoms in total. The molecule has 0 aliphatic carbocycles. The van der Waals surface area contributed by atoms with Crippen LogP contribution in [0.4, 0.5) is 10.2 Å². The SMILES string of the molecule is COCCn1c(Cc2nc(N)c(Br)cc2F)nc2ccccc21. The average Bonchev–Trinajstić information content (AvgIpc) is 2.88. The van der Waals surface area contributed by atoms with Crippen LogP contribution in [0.25, 0.3) is 11.0 Å². The van der Waals surface area contributed by atoms with Crippen LogP contribution < -0.4 is 5.73 Å². The van der Waals surface area contributed by atoms with Crippen molar-refractivity contribution in [3.63, 3.8) is 0 Å². The number of nitrogens with two attached hydrogens (primary N) is 1. The van der Waals surface area contributed by atoms with E-state index in [0.29, 0.717) is 17.6 Å². The van der Waals surface area contributed by atoms with Gasteiger partial charge in [-0.15, -0.1) is 0 Å². The summed E-state index contributed by atoms with van der Waals surface area (Å²) in [7, 11) is 1.65. The number of imidazole rings is 1. The maximum Gasteiger partial charge on any atom is 0.146 e. The first-order valence-electron chi connectivity index (χ1n) is 7.13. The molecule has 0 aliphatic heterocycles. The van der Waals surface area contributed by atoms with Crippen LogP contribution in [0.5, 0.6) is 0 Å². The number of para-hydroxylation sites is 2. The third-order valence-electron chi connectivity index (χ3n) is 3.61. The molecule has 0 fully saturated rings. The molecule has 0 bridgehead atoms. The van der Waals surface area contributed by atoms with E-state index in [1.165, 1.54) is 6.07 Å². The lowest BCUT2D eigenvalue weighted by Gasteiger charge is -2.09. The second-order valence-corrected chi connectivity index (χ2v) is 5.98. The monoisotopic (exact) mass is 378 g/mol. The van der Waals surface area contributed by atoms with E-state index in [1.807, 2.05) is 28.8 Å². The smallest absolute Gasteiger partial charge is 0.146 e.